The molecule has 0 unspecified atom stereocenters. The summed E-state index contributed by atoms with van der Waals surface area (Å²) >= 11 is 0. The topological polar surface area (TPSA) is 20.2 Å². The molecule has 2 rings (SSSR count). The first-order valence-electron chi connectivity index (χ1n) is 4.76. The van der Waals surface area contributed by atoms with Gasteiger partial charge in [-0.15, -0.1) is 0 Å². The van der Waals surface area contributed by atoms with Crippen LogP contribution in [0.25, 0.3) is 0 Å². The van der Waals surface area contributed by atoms with Gasteiger partial charge in [0.15, 0.2) is 0 Å². The Morgan fingerprint density at radius 3 is 2.20 bits per heavy atom. The Labute approximate surface area is 102 Å². The number of hydrogen-bond acceptors (Lipinski definition) is 1. The number of aliphatic hydroxyl groups is 1. The zero-order valence-electron chi connectivity index (χ0n) is 8.70. The van der Waals surface area contributed by atoms with E-state index in [0.717, 1.165) is 18.3 Å². The van der Waals surface area contributed by atoms with Crippen molar-refractivity contribution in [2.45, 2.75) is 13.3 Å². The van der Waals surface area contributed by atoms with E-state index in [-0.39, 0.29) is 17.1 Å². The van der Waals surface area contributed by atoms with Gasteiger partial charge in [-0.3, -0.25) is 0 Å². The molecule has 0 aliphatic heterocycles. The van der Waals surface area contributed by atoms with Crippen LogP contribution in [-0.4, -0.2) is 5.11 Å². The molecule has 0 radical (unpaired) electrons. The molecule has 0 fully saturated rings. The van der Waals surface area contributed by atoms with Gasteiger partial charge >= 0.3 is 0 Å². The fourth-order valence-electron chi connectivity index (χ4n) is 1.13. The summed E-state index contributed by atoms with van der Waals surface area (Å²) in [5.74, 6) is 0. The number of hydrogen-bond donors (Lipinski definition) is 1. The first-order valence-corrected chi connectivity index (χ1v) is 4.76. The minimum Gasteiger partial charge on any atom is -0.515 e. The molecule has 82 valence electrons. The first-order chi connectivity index (χ1) is 6.86. The third kappa shape index (κ3) is 5.36. The number of rotatable bonds is 1. The van der Waals surface area contributed by atoms with Crippen molar-refractivity contribution in [2.75, 3.05) is 0 Å². The van der Waals surface area contributed by atoms with Gasteiger partial charge < -0.3 is 5.11 Å². The molecule has 1 nitrogen and oxygen atoms in total. The quantitative estimate of drug-likeness (QED) is 0.452. The van der Waals surface area contributed by atoms with Gasteiger partial charge in [-0.2, -0.15) is 18.2 Å². The van der Waals surface area contributed by atoms with Crippen molar-refractivity contribution in [1.29, 1.82) is 0 Å². The SMILES string of the molecule is CCC1=C/C(=C\O)C=C1.[Fe].c1cc[cH-]c1. The molecule has 1 aromatic carbocycles. The molecule has 0 amide bonds. The minimum atomic E-state index is 0. The van der Waals surface area contributed by atoms with Crippen molar-refractivity contribution < 1.29 is 22.2 Å². The zero-order valence-corrected chi connectivity index (χ0v) is 9.81. The van der Waals surface area contributed by atoms with Gasteiger partial charge in [0.2, 0.25) is 0 Å². The maximum atomic E-state index is 8.52. The van der Waals surface area contributed by atoms with Crippen LogP contribution in [0.1, 0.15) is 13.3 Å². The summed E-state index contributed by atoms with van der Waals surface area (Å²) in [6, 6.07) is 10.0. The summed E-state index contributed by atoms with van der Waals surface area (Å²) in [6.07, 6.45) is 8.05. The van der Waals surface area contributed by atoms with Crippen molar-refractivity contribution >= 4 is 0 Å². The molecule has 1 aliphatic rings. The second-order valence-electron chi connectivity index (χ2n) is 3.00. The molecule has 0 aromatic heterocycles. The molecule has 1 aromatic rings. The molecular formula is C13H15FeO-. The molecular weight excluding hydrogens is 228 g/mol. The number of aliphatic hydroxyl groups excluding tert-OH is 1. The summed E-state index contributed by atoms with van der Waals surface area (Å²) in [5.41, 5.74) is 2.17. The molecule has 0 saturated heterocycles. The molecule has 0 heterocycles. The second-order valence-corrected chi connectivity index (χ2v) is 3.00. The van der Waals surface area contributed by atoms with E-state index in [1.807, 2.05) is 48.6 Å². The van der Waals surface area contributed by atoms with Crippen LogP contribution in [0, 0.1) is 0 Å². The van der Waals surface area contributed by atoms with Crippen molar-refractivity contribution in [3.63, 3.8) is 0 Å². The van der Waals surface area contributed by atoms with Crippen LogP contribution in [0.15, 0.2) is 66.0 Å². The Balaban J connectivity index is 0.000000280. The Morgan fingerprint density at radius 2 is 1.93 bits per heavy atom. The Kier molecular flexibility index (Phi) is 7.61. The third-order valence-corrected chi connectivity index (χ3v) is 1.95. The van der Waals surface area contributed by atoms with Crippen LogP contribution < -0.4 is 0 Å². The van der Waals surface area contributed by atoms with Gasteiger partial charge in [-0.05, 0) is 18.1 Å². The van der Waals surface area contributed by atoms with Gasteiger partial charge in [0.05, 0.1) is 6.26 Å². The van der Waals surface area contributed by atoms with Crippen molar-refractivity contribution in [2.24, 2.45) is 0 Å². The molecule has 15 heavy (non-hydrogen) atoms. The summed E-state index contributed by atoms with van der Waals surface area (Å²) in [5, 5.41) is 8.52. The maximum Gasteiger partial charge on any atom is 0.0864 e. The van der Waals surface area contributed by atoms with Gasteiger partial charge in [0, 0.05) is 22.6 Å². The normalized spacial score (nSPS) is 15.3. The van der Waals surface area contributed by atoms with E-state index in [0.29, 0.717) is 0 Å². The van der Waals surface area contributed by atoms with Gasteiger partial charge in [-0.25, -0.2) is 12.1 Å². The van der Waals surface area contributed by atoms with E-state index in [9.17, 15) is 0 Å². The smallest absolute Gasteiger partial charge is 0.0864 e. The molecule has 2 heteroatoms. The largest absolute Gasteiger partial charge is 0.515 e. The Morgan fingerprint density at radius 1 is 1.27 bits per heavy atom. The van der Waals surface area contributed by atoms with Crippen molar-refractivity contribution in [1.82, 2.24) is 0 Å². The average Bonchev–Trinajstić information content (AvgIpc) is 2.92. The summed E-state index contributed by atoms with van der Waals surface area (Å²) < 4.78 is 0. The monoisotopic (exact) mass is 243 g/mol. The standard InChI is InChI=1S/C8H10O.C5H5.Fe/c1-2-7-3-4-8(5-7)6-9;1-2-4-5-3-1;/h3-6,9H,2H2,1H3;1-5H;/q;-1;/b8-6-;;. The number of allylic oxidation sites excluding steroid dienone is 5. The first kappa shape index (κ1) is 13.9. The van der Waals surface area contributed by atoms with Crippen LogP contribution in [0.2, 0.25) is 0 Å². The molecule has 0 spiro atoms. The van der Waals surface area contributed by atoms with E-state index >= 15 is 0 Å². The van der Waals surface area contributed by atoms with E-state index in [2.05, 4.69) is 6.92 Å². The van der Waals surface area contributed by atoms with Crippen molar-refractivity contribution in [3.8, 4) is 0 Å². The van der Waals surface area contributed by atoms with E-state index in [4.69, 9.17) is 5.11 Å². The van der Waals surface area contributed by atoms with Crippen LogP contribution in [-0.2, 0) is 17.1 Å². The second kappa shape index (κ2) is 8.22. The van der Waals surface area contributed by atoms with Crippen LogP contribution in [0.4, 0.5) is 0 Å². The molecule has 0 atom stereocenters. The van der Waals surface area contributed by atoms with E-state index < -0.39 is 0 Å². The minimum absolute atomic E-state index is 0. The summed E-state index contributed by atoms with van der Waals surface area (Å²) in [4.78, 5) is 0. The zero-order chi connectivity index (χ0) is 10.2. The summed E-state index contributed by atoms with van der Waals surface area (Å²) in [7, 11) is 0. The van der Waals surface area contributed by atoms with Gasteiger partial charge in [0.25, 0.3) is 0 Å². The van der Waals surface area contributed by atoms with E-state index in [1.54, 1.807) is 0 Å². The Bertz CT molecular complexity index is 314. The fourth-order valence-corrected chi connectivity index (χ4v) is 1.13. The van der Waals surface area contributed by atoms with E-state index in [1.165, 1.54) is 5.57 Å². The molecule has 0 bridgehead atoms. The third-order valence-electron chi connectivity index (χ3n) is 1.95. The van der Waals surface area contributed by atoms with Crippen LogP contribution >= 0.6 is 0 Å². The molecule has 0 saturated carbocycles. The average molecular weight is 243 g/mol. The van der Waals surface area contributed by atoms with Crippen LogP contribution in [0.3, 0.4) is 0 Å². The fraction of sp³-hybridized carbons (Fsp3) is 0.154. The predicted molar refractivity (Wildman–Crippen MR) is 60.3 cm³/mol. The molecule has 1 N–H and O–H groups in total. The Hall–Kier alpha value is -1.11. The summed E-state index contributed by atoms with van der Waals surface area (Å²) in [6.45, 7) is 2.09. The van der Waals surface area contributed by atoms with Gasteiger partial charge in [0.1, 0.15) is 0 Å². The van der Waals surface area contributed by atoms with Gasteiger partial charge in [-0.1, -0.05) is 19.1 Å². The predicted octanol–water partition coefficient (Wildman–Crippen LogP) is 3.74. The maximum absolute atomic E-state index is 8.52. The van der Waals surface area contributed by atoms with Crippen LogP contribution in [0.5, 0.6) is 0 Å². The van der Waals surface area contributed by atoms with Crippen molar-refractivity contribution in [3.05, 3.63) is 66.0 Å². The molecule has 1 aliphatic carbocycles.